The average molecular weight is 423 g/mol. The maximum atomic E-state index is 14.3. The number of halogens is 2. The molecule has 158 valence electrons. The highest BCUT2D eigenvalue weighted by Gasteiger charge is 2.32. The maximum absolute atomic E-state index is 14.3. The highest BCUT2D eigenvalue weighted by molar-refractivity contribution is 5.94. The van der Waals surface area contributed by atoms with Crippen LogP contribution in [-0.4, -0.2) is 52.9 Å². The van der Waals surface area contributed by atoms with E-state index in [4.69, 9.17) is 10.5 Å². The number of fused-ring (bicyclic) bond motifs is 1. The van der Waals surface area contributed by atoms with E-state index in [0.29, 0.717) is 37.6 Å². The molecule has 0 radical (unpaired) electrons. The molecular formula is C21H28ClFN4O2. The van der Waals surface area contributed by atoms with Crippen molar-refractivity contribution < 1.29 is 13.9 Å². The van der Waals surface area contributed by atoms with Gasteiger partial charge < -0.3 is 15.4 Å². The minimum absolute atomic E-state index is 0. The van der Waals surface area contributed by atoms with E-state index in [9.17, 15) is 9.18 Å². The molecule has 0 unspecified atom stereocenters. The Labute approximate surface area is 176 Å². The van der Waals surface area contributed by atoms with Crippen LogP contribution in [0, 0.1) is 5.82 Å². The van der Waals surface area contributed by atoms with E-state index in [1.165, 1.54) is 6.07 Å². The largest absolute Gasteiger partial charge is 0.378 e. The molecule has 0 saturated carbocycles. The van der Waals surface area contributed by atoms with Gasteiger partial charge in [-0.2, -0.15) is 5.10 Å². The predicted octanol–water partition coefficient (Wildman–Crippen LogP) is 2.89. The van der Waals surface area contributed by atoms with Crippen LogP contribution >= 0.6 is 12.4 Å². The lowest BCUT2D eigenvalue weighted by Crippen LogP contribution is -2.41. The van der Waals surface area contributed by atoms with E-state index in [0.717, 1.165) is 49.8 Å². The van der Waals surface area contributed by atoms with Crippen molar-refractivity contribution in [2.45, 2.75) is 44.6 Å². The molecule has 0 atom stereocenters. The van der Waals surface area contributed by atoms with E-state index in [1.807, 2.05) is 4.90 Å². The molecule has 0 bridgehead atoms. The monoisotopic (exact) mass is 422 g/mol. The first kappa shape index (κ1) is 21.7. The number of piperidine rings is 1. The Hall–Kier alpha value is -1.96. The Balaban J connectivity index is 0.00000240. The number of nitrogens with zero attached hydrogens (tertiary/aromatic N) is 3. The fraction of sp³-hybridized carbons (Fsp3) is 0.524. The number of likely N-dealkylation sites (tertiary alicyclic amines) is 1. The van der Waals surface area contributed by atoms with Crippen LogP contribution in [0.15, 0.2) is 24.3 Å². The number of rotatable bonds is 6. The quantitative estimate of drug-likeness (QED) is 0.726. The third kappa shape index (κ3) is 4.47. The van der Waals surface area contributed by atoms with Gasteiger partial charge in [0.05, 0.1) is 6.10 Å². The lowest BCUT2D eigenvalue weighted by molar-refractivity contribution is 0.00825. The fourth-order valence-electron chi connectivity index (χ4n) is 4.14. The van der Waals surface area contributed by atoms with Crippen LogP contribution in [0.3, 0.4) is 0 Å². The van der Waals surface area contributed by atoms with Gasteiger partial charge in [-0.15, -0.1) is 12.4 Å². The number of hydrogen-bond acceptors (Lipinski definition) is 4. The molecule has 29 heavy (non-hydrogen) atoms. The van der Waals surface area contributed by atoms with Gasteiger partial charge in [-0.3, -0.25) is 4.79 Å². The summed E-state index contributed by atoms with van der Waals surface area (Å²) in [6.07, 6.45) is 5.32. The van der Waals surface area contributed by atoms with E-state index >= 15 is 0 Å². The Morgan fingerprint density at radius 1 is 1.24 bits per heavy atom. The summed E-state index contributed by atoms with van der Waals surface area (Å²) in [7, 11) is 0. The van der Waals surface area contributed by atoms with E-state index < -0.39 is 0 Å². The summed E-state index contributed by atoms with van der Waals surface area (Å²) >= 11 is 0. The molecule has 2 heterocycles. The van der Waals surface area contributed by atoms with E-state index in [2.05, 4.69) is 5.10 Å². The smallest absolute Gasteiger partial charge is 0.274 e. The molecule has 1 aromatic heterocycles. The summed E-state index contributed by atoms with van der Waals surface area (Å²) in [5, 5.41) is 4.56. The molecule has 1 aromatic carbocycles. The summed E-state index contributed by atoms with van der Waals surface area (Å²) in [6.45, 7) is 2.63. The Morgan fingerprint density at radius 3 is 2.72 bits per heavy atom. The zero-order chi connectivity index (χ0) is 19.5. The minimum atomic E-state index is -0.325. The normalized spacial score (nSPS) is 16.6. The van der Waals surface area contributed by atoms with E-state index in [-0.39, 0.29) is 30.2 Å². The van der Waals surface area contributed by atoms with Crippen molar-refractivity contribution in [1.82, 2.24) is 14.7 Å². The maximum Gasteiger partial charge on any atom is 0.274 e. The number of nitrogens with two attached hydrogens (primary N) is 1. The van der Waals surface area contributed by atoms with Gasteiger partial charge in [-0.25, -0.2) is 9.07 Å². The van der Waals surface area contributed by atoms with Crippen molar-refractivity contribution in [2.24, 2.45) is 5.73 Å². The second-order valence-corrected chi connectivity index (χ2v) is 7.50. The molecule has 8 heteroatoms. The first-order valence-electron chi connectivity index (χ1n) is 10.2. The molecule has 6 nitrogen and oxygen atoms in total. The van der Waals surface area contributed by atoms with Gasteiger partial charge in [0.2, 0.25) is 0 Å². The van der Waals surface area contributed by atoms with Gasteiger partial charge in [-0.1, -0.05) is 12.1 Å². The molecule has 0 spiro atoms. The van der Waals surface area contributed by atoms with Crippen LogP contribution in [0.2, 0.25) is 0 Å². The Morgan fingerprint density at radius 2 is 2.00 bits per heavy atom. The number of ether oxygens (including phenoxy) is 1. The van der Waals surface area contributed by atoms with Crippen molar-refractivity contribution in [3.8, 4) is 5.69 Å². The molecule has 1 aliphatic heterocycles. The number of benzene rings is 1. The third-order valence-corrected chi connectivity index (χ3v) is 5.64. The van der Waals surface area contributed by atoms with Gasteiger partial charge >= 0.3 is 0 Å². The van der Waals surface area contributed by atoms with Crippen molar-refractivity contribution in [1.29, 1.82) is 0 Å². The fourth-order valence-corrected chi connectivity index (χ4v) is 4.14. The number of carbonyl (C=O) groups excluding carboxylic acids is 1. The average Bonchev–Trinajstić information content (AvgIpc) is 3.32. The summed E-state index contributed by atoms with van der Waals surface area (Å²) in [6, 6.07) is 6.58. The summed E-state index contributed by atoms with van der Waals surface area (Å²) in [4.78, 5) is 15.0. The molecule has 2 aromatic rings. The molecular weight excluding hydrogens is 395 g/mol. The van der Waals surface area contributed by atoms with Gasteiger partial charge in [0.1, 0.15) is 11.5 Å². The summed E-state index contributed by atoms with van der Waals surface area (Å²) < 4.78 is 21.8. The first-order chi connectivity index (χ1) is 13.7. The number of carbonyl (C=O) groups is 1. The molecule has 1 fully saturated rings. The predicted molar refractivity (Wildman–Crippen MR) is 111 cm³/mol. The Kier molecular flexibility index (Phi) is 7.27. The Bertz CT molecular complexity index is 849. The molecule has 2 N–H and O–H groups in total. The zero-order valence-corrected chi connectivity index (χ0v) is 17.3. The minimum Gasteiger partial charge on any atom is -0.378 e. The number of amides is 1. The molecule has 1 amide bonds. The van der Waals surface area contributed by atoms with Crippen LogP contribution < -0.4 is 5.73 Å². The zero-order valence-electron chi connectivity index (χ0n) is 16.5. The number of hydrogen-bond donors (Lipinski definition) is 1. The highest BCUT2D eigenvalue weighted by Crippen LogP contribution is 2.30. The summed E-state index contributed by atoms with van der Waals surface area (Å²) in [5.74, 6) is -0.372. The molecule has 2 aliphatic rings. The molecule has 1 aliphatic carbocycles. The molecule has 4 rings (SSSR count). The van der Waals surface area contributed by atoms with Crippen molar-refractivity contribution >= 4 is 18.3 Å². The highest BCUT2D eigenvalue weighted by atomic mass is 35.5. The second kappa shape index (κ2) is 9.69. The third-order valence-electron chi connectivity index (χ3n) is 5.64. The van der Waals surface area contributed by atoms with Crippen LogP contribution in [0.5, 0.6) is 0 Å². The standard InChI is InChI=1S/C21H27FN4O2.ClH/c22-17-6-1-2-7-19(17)26-18-8-3-5-16(18)20(24-26)21(27)25-12-9-15(10-13-25)28-14-4-11-23;/h1-2,6-7,15H,3-5,8-14,23H2;1H. The van der Waals surface area contributed by atoms with Crippen molar-refractivity contribution in [3.05, 3.63) is 47.0 Å². The second-order valence-electron chi connectivity index (χ2n) is 7.50. The summed E-state index contributed by atoms with van der Waals surface area (Å²) in [5.41, 5.74) is 8.34. The van der Waals surface area contributed by atoms with E-state index in [1.54, 1.807) is 22.9 Å². The van der Waals surface area contributed by atoms with Crippen LogP contribution in [0.25, 0.3) is 5.69 Å². The number of aromatic nitrogens is 2. The van der Waals surface area contributed by atoms with Crippen LogP contribution in [0.4, 0.5) is 4.39 Å². The topological polar surface area (TPSA) is 73.4 Å². The number of para-hydroxylation sites is 1. The van der Waals surface area contributed by atoms with Gasteiger partial charge in [0.15, 0.2) is 5.69 Å². The first-order valence-corrected chi connectivity index (χ1v) is 10.2. The van der Waals surface area contributed by atoms with Crippen molar-refractivity contribution in [2.75, 3.05) is 26.2 Å². The van der Waals surface area contributed by atoms with Gasteiger partial charge in [-0.05, 0) is 57.2 Å². The van der Waals surface area contributed by atoms with Crippen LogP contribution in [0.1, 0.15) is 47.4 Å². The van der Waals surface area contributed by atoms with Crippen molar-refractivity contribution in [3.63, 3.8) is 0 Å². The lowest BCUT2D eigenvalue weighted by atomic mass is 10.1. The van der Waals surface area contributed by atoms with Gasteiger partial charge in [0.25, 0.3) is 5.91 Å². The SMILES string of the molecule is Cl.NCCCOC1CCN(C(=O)c2nn(-c3ccccc3F)c3c2CCC3)CC1. The van der Waals surface area contributed by atoms with Crippen LogP contribution in [-0.2, 0) is 17.6 Å². The lowest BCUT2D eigenvalue weighted by Gasteiger charge is -2.31. The van der Waals surface area contributed by atoms with Gasteiger partial charge in [0, 0.05) is 31.0 Å². The molecule has 1 saturated heterocycles.